The van der Waals surface area contributed by atoms with E-state index in [4.69, 9.17) is 16.3 Å². The Morgan fingerprint density at radius 2 is 1.70 bits per heavy atom. The molecule has 0 atom stereocenters. The van der Waals surface area contributed by atoms with Crippen LogP contribution in [0.5, 0.6) is 6.01 Å². The van der Waals surface area contributed by atoms with Gasteiger partial charge in [0, 0.05) is 40.4 Å². The van der Waals surface area contributed by atoms with E-state index >= 15 is 0 Å². The Morgan fingerprint density at radius 3 is 2.32 bits per heavy atom. The number of aryl methyl sites for hydroxylation is 1. The number of rotatable bonds is 5. The predicted octanol–water partition coefficient (Wildman–Crippen LogP) is 5.05. The number of aromatic nitrogens is 6. The summed E-state index contributed by atoms with van der Waals surface area (Å²) >= 11 is 6.07. The highest BCUT2D eigenvalue weighted by molar-refractivity contribution is 6.30. The predicted molar refractivity (Wildman–Crippen MR) is 131 cm³/mol. The molecule has 37 heavy (non-hydrogen) atoms. The fourth-order valence-electron chi connectivity index (χ4n) is 3.96. The average Bonchev–Trinajstić information content (AvgIpc) is 3.19. The normalized spacial score (nSPS) is 11.7. The van der Waals surface area contributed by atoms with E-state index in [1.165, 1.54) is 29.2 Å². The number of hydrogen-bond donors (Lipinski definition) is 0. The molecule has 0 aliphatic rings. The molecule has 0 unspecified atom stereocenters. The first kappa shape index (κ1) is 24.4. The molecule has 4 heterocycles. The second kappa shape index (κ2) is 9.32. The third-order valence-electron chi connectivity index (χ3n) is 5.81. The van der Waals surface area contributed by atoms with Gasteiger partial charge in [-0.25, -0.2) is 28.8 Å². The monoisotopic (exact) mass is 526 g/mol. The lowest BCUT2D eigenvalue weighted by atomic mass is 9.97. The Kier molecular flexibility index (Phi) is 6.16. The van der Waals surface area contributed by atoms with Gasteiger partial charge in [0.25, 0.3) is 0 Å². The van der Waals surface area contributed by atoms with Crippen molar-refractivity contribution in [2.75, 3.05) is 7.11 Å². The van der Waals surface area contributed by atoms with Gasteiger partial charge >= 0.3 is 17.9 Å². The number of methoxy groups -OCH3 is 1. The molecular formula is C25H18ClF3N6O2. The minimum Gasteiger partial charge on any atom is -0.467 e. The van der Waals surface area contributed by atoms with Gasteiger partial charge < -0.3 is 4.74 Å². The van der Waals surface area contributed by atoms with Gasteiger partial charge in [0.05, 0.1) is 13.7 Å². The number of hydrogen-bond acceptors (Lipinski definition) is 6. The lowest BCUT2D eigenvalue weighted by Crippen LogP contribution is -2.22. The first-order chi connectivity index (χ1) is 17.7. The summed E-state index contributed by atoms with van der Waals surface area (Å²) in [7, 11) is 1.45. The van der Waals surface area contributed by atoms with Crippen LogP contribution in [0, 0.1) is 6.92 Å². The Labute approximate surface area is 213 Å². The highest BCUT2D eigenvalue weighted by Crippen LogP contribution is 2.35. The molecular weight excluding hydrogens is 509 g/mol. The summed E-state index contributed by atoms with van der Waals surface area (Å²) in [6.07, 6.45) is 0.162. The maximum atomic E-state index is 13.2. The summed E-state index contributed by atoms with van der Waals surface area (Å²) in [6.45, 7) is 1.40. The topological polar surface area (TPSA) is 87.2 Å². The van der Waals surface area contributed by atoms with Gasteiger partial charge in [0.15, 0.2) is 5.65 Å². The van der Waals surface area contributed by atoms with Crippen molar-refractivity contribution in [1.82, 2.24) is 29.1 Å². The van der Waals surface area contributed by atoms with Crippen LogP contribution >= 0.6 is 11.6 Å². The highest BCUT2D eigenvalue weighted by atomic mass is 35.5. The van der Waals surface area contributed by atoms with Crippen molar-refractivity contribution in [2.24, 2.45) is 0 Å². The smallest absolute Gasteiger partial charge is 0.433 e. The van der Waals surface area contributed by atoms with E-state index in [2.05, 4.69) is 20.1 Å². The summed E-state index contributed by atoms with van der Waals surface area (Å²) in [5.41, 5.74) is 2.20. The van der Waals surface area contributed by atoms with Crippen LogP contribution in [0.3, 0.4) is 0 Å². The van der Waals surface area contributed by atoms with Crippen LogP contribution in [0.25, 0.3) is 27.9 Å². The summed E-state index contributed by atoms with van der Waals surface area (Å²) in [6, 6.07) is 11.3. The molecule has 5 rings (SSSR count). The molecule has 12 heteroatoms. The van der Waals surface area contributed by atoms with Gasteiger partial charge in [-0.2, -0.15) is 13.2 Å². The average molecular weight is 527 g/mol. The molecule has 8 nitrogen and oxygen atoms in total. The first-order valence-corrected chi connectivity index (χ1v) is 11.3. The lowest BCUT2D eigenvalue weighted by molar-refractivity contribution is -0.141. The van der Waals surface area contributed by atoms with Gasteiger partial charge in [0.2, 0.25) is 0 Å². The number of fused-ring (bicyclic) bond motifs is 1. The van der Waals surface area contributed by atoms with Crippen molar-refractivity contribution in [1.29, 1.82) is 0 Å². The van der Waals surface area contributed by atoms with Crippen molar-refractivity contribution >= 4 is 17.2 Å². The standard InChI is InChI=1S/C25H18ClF3N6O2/c1-14-16(5-8-20(32-14)25(27,28)29)13-35-24(36)34-10-9-19(15-3-6-18(26)7-4-15)21(22(34)33-35)17-11-30-23(37-2)31-12-17/h3-12H,13H2,1-2H3. The lowest BCUT2D eigenvalue weighted by Gasteiger charge is -2.11. The Hall–Kier alpha value is -4.25. The molecule has 0 aliphatic heterocycles. The van der Waals surface area contributed by atoms with E-state index in [1.807, 2.05) is 12.1 Å². The largest absolute Gasteiger partial charge is 0.467 e. The maximum Gasteiger partial charge on any atom is 0.433 e. The summed E-state index contributed by atoms with van der Waals surface area (Å²) < 4.78 is 46.7. The van der Waals surface area contributed by atoms with E-state index < -0.39 is 17.6 Å². The summed E-state index contributed by atoms with van der Waals surface area (Å²) in [5.74, 6) is 0. The molecule has 0 fully saturated rings. The van der Waals surface area contributed by atoms with E-state index in [9.17, 15) is 18.0 Å². The number of pyridine rings is 2. The van der Waals surface area contributed by atoms with Gasteiger partial charge in [-0.1, -0.05) is 29.8 Å². The SMILES string of the molecule is COc1ncc(-c2c(-c3ccc(Cl)cc3)ccn3c(=O)n(Cc4ccc(C(F)(F)F)nc4C)nc23)cn1. The maximum absolute atomic E-state index is 13.2. The number of benzene rings is 1. The Balaban J connectivity index is 1.67. The zero-order chi connectivity index (χ0) is 26.3. The van der Waals surface area contributed by atoms with Gasteiger partial charge in [0.1, 0.15) is 5.69 Å². The zero-order valence-corrected chi connectivity index (χ0v) is 20.2. The number of nitrogens with zero attached hydrogens (tertiary/aromatic N) is 6. The second-order valence-electron chi connectivity index (χ2n) is 8.14. The van der Waals surface area contributed by atoms with Gasteiger partial charge in [-0.3, -0.25) is 0 Å². The first-order valence-electron chi connectivity index (χ1n) is 10.9. The molecule has 0 spiro atoms. The second-order valence-corrected chi connectivity index (χ2v) is 8.58. The van der Waals surface area contributed by atoms with Crippen LogP contribution in [-0.4, -0.2) is 36.2 Å². The molecule has 0 aliphatic carbocycles. The number of ether oxygens (including phenoxy) is 1. The van der Waals surface area contributed by atoms with Crippen LogP contribution in [-0.2, 0) is 12.7 Å². The Morgan fingerprint density at radius 1 is 1.00 bits per heavy atom. The fraction of sp³-hybridized carbons (Fsp3) is 0.160. The van der Waals surface area contributed by atoms with E-state index in [0.717, 1.165) is 17.2 Å². The fourth-order valence-corrected chi connectivity index (χ4v) is 4.09. The van der Waals surface area contributed by atoms with Crippen LogP contribution in [0.2, 0.25) is 5.02 Å². The molecule has 0 amide bonds. The quantitative estimate of drug-likeness (QED) is 0.318. The van der Waals surface area contributed by atoms with Crippen molar-refractivity contribution in [3.05, 3.63) is 93.5 Å². The molecule has 0 radical (unpaired) electrons. The van der Waals surface area contributed by atoms with Gasteiger partial charge in [-0.05, 0) is 47.9 Å². The molecule has 0 saturated carbocycles. The summed E-state index contributed by atoms with van der Waals surface area (Å²) in [4.78, 5) is 25.3. The molecule has 1 aromatic carbocycles. The highest BCUT2D eigenvalue weighted by Gasteiger charge is 2.32. The van der Waals surface area contributed by atoms with Crippen LogP contribution in [0.15, 0.2) is 65.8 Å². The van der Waals surface area contributed by atoms with Crippen molar-refractivity contribution in [3.8, 4) is 28.3 Å². The molecule has 188 valence electrons. The number of alkyl halides is 3. The van der Waals surface area contributed by atoms with Gasteiger partial charge in [-0.15, -0.1) is 5.10 Å². The molecule has 4 aromatic heterocycles. The minimum atomic E-state index is -4.56. The molecule has 5 aromatic rings. The van der Waals surface area contributed by atoms with E-state index in [0.29, 0.717) is 27.4 Å². The van der Waals surface area contributed by atoms with Crippen LogP contribution in [0.1, 0.15) is 17.0 Å². The molecule has 0 bridgehead atoms. The molecule has 0 N–H and O–H groups in total. The third-order valence-corrected chi connectivity index (χ3v) is 6.07. The van der Waals surface area contributed by atoms with Crippen molar-refractivity contribution in [2.45, 2.75) is 19.6 Å². The van der Waals surface area contributed by atoms with Crippen LogP contribution in [0.4, 0.5) is 13.2 Å². The minimum absolute atomic E-state index is 0.0632. The van der Waals surface area contributed by atoms with Crippen LogP contribution < -0.4 is 10.4 Å². The van der Waals surface area contributed by atoms with E-state index in [-0.39, 0.29) is 18.2 Å². The van der Waals surface area contributed by atoms with Crippen molar-refractivity contribution in [3.63, 3.8) is 0 Å². The molecule has 0 saturated heterocycles. The Bertz CT molecular complexity index is 1660. The van der Waals surface area contributed by atoms with E-state index in [1.54, 1.807) is 36.8 Å². The summed E-state index contributed by atoms with van der Waals surface area (Å²) in [5, 5.41) is 5.12. The third kappa shape index (κ3) is 4.65. The number of halogens is 4. The van der Waals surface area contributed by atoms with Crippen molar-refractivity contribution < 1.29 is 17.9 Å². The zero-order valence-electron chi connectivity index (χ0n) is 19.5.